The molecule has 1 rings (SSSR count). The normalized spacial score (nSPS) is 10.3. The first-order chi connectivity index (χ1) is 8.18. The highest BCUT2D eigenvalue weighted by atomic mass is 16.2. The molecule has 1 aromatic rings. The van der Waals surface area contributed by atoms with Gasteiger partial charge in [0.1, 0.15) is 0 Å². The van der Waals surface area contributed by atoms with Gasteiger partial charge in [-0.05, 0) is 38.7 Å². The van der Waals surface area contributed by atoms with Gasteiger partial charge in [0.25, 0.3) is 0 Å². The minimum absolute atomic E-state index is 0.132. The van der Waals surface area contributed by atoms with E-state index in [0.717, 1.165) is 18.5 Å². The Kier molecular flexibility index (Phi) is 6.03. The van der Waals surface area contributed by atoms with Crippen LogP contribution in [0.2, 0.25) is 0 Å². The largest absolute Gasteiger partial charge is 0.338 e. The molecule has 0 unspecified atom stereocenters. The third-order valence-electron chi connectivity index (χ3n) is 2.24. The number of hydrogen-bond donors (Lipinski definition) is 2. The summed E-state index contributed by atoms with van der Waals surface area (Å²) in [6, 6.07) is 3.65. The molecule has 0 spiro atoms. The van der Waals surface area contributed by atoms with E-state index in [4.69, 9.17) is 0 Å². The molecular weight excluding hydrogens is 216 g/mol. The summed E-state index contributed by atoms with van der Waals surface area (Å²) in [7, 11) is 4.03. The lowest BCUT2D eigenvalue weighted by molar-refractivity contribution is 0.240. The quantitative estimate of drug-likeness (QED) is 0.719. The van der Waals surface area contributed by atoms with Crippen LogP contribution in [0.15, 0.2) is 24.5 Å². The molecule has 2 N–H and O–H groups in total. The first-order valence-electron chi connectivity index (χ1n) is 5.74. The second-order valence-corrected chi connectivity index (χ2v) is 4.13. The van der Waals surface area contributed by atoms with Gasteiger partial charge in [0.05, 0.1) is 0 Å². The summed E-state index contributed by atoms with van der Waals surface area (Å²) in [6.45, 7) is 2.17. The number of rotatable bonds is 6. The van der Waals surface area contributed by atoms with Crippen LogP contribution in [0.4, 0.5) is 4.79 Å². The number of nitrogens with zero attached hydrogens (tertiary/aromatic N) is 2. The Hall–Kier alpha value is -1.62. The summed E-state index contributed by atoms with van der Waals surface area (Å²) in [6.07, 6.45) is 4.41. The molecule has 2 amide bonds. The summed E-state index contributed by atoms with van der Waals surface area (Å²) in [5.74, 6) is 0. The van der Waals surface area contributed by atoms with E-state index in [1.54, 1.807) is 12.4 Å². The molecule has 0 aliphatic heterocycles. The number of aromatic nitrogens is 1. The molecule has 0 atom stereocenters. The number of carbonyl (C=O) groups is 1. The highest BCUT2D eigenvalue weighted by molar-refractivity contribution is 5.73. The molecule has 0 aliphatic rings. The zero-order valence-electron chi connectivity index (χ0n) is 10.4. The van der Waals surface area contributed by atoms with Gasteiger partial charge >= 0.3 is 6.03 Å². The van der Waals surface area contributed by atoms with Crippen molar-refractivity contribution in [1.82, 2.24) is 20.5 Å². The Morgan fingerprint density at radius 1 is 1.41 bits per heavy atom. The standard InChI is InChI=1S/C12H20N4O/c1-16(2)8-4-7-14-12(17)15-10-11-5-3-6-13-9-11/h3,5-6,9H,4,7-8,10H2,1-2H3,(H2,14,15,17). The maximum absolute atomic E-state index is 11.4. The topological polar surface area (TPSA) is 57.3 Å². The summed E-state index contributed by atoms with van der Waals surface area (Å²) in [5.41, 5.74) is 0.996. The molecule has 5 heteroatoms. The molecule has 0 radical (unpaired) electrons. The monoisotopic (exact) mass is 236 g/mol. The lowest BCUT2D eigenvalue weighted by atomic mass is 10.3. The SMILES string of the molecule is CN(C)CCCNC(=O)NCc1cccnc1. The second kappa shape index (κ2) is 7.62. The van der Waals surface area contributed by atoms with Gasteiger partial charge in [0.2, 0.25) is 0 Å². The lowest BCUT2D eigenvalue weighted by Gasteiger charge is -2.10. The van der Waals surface area contributed by atoms with E-state index in [9.17, 15) is 4.79 Å². The Morgan fingerprint density at radius 3 is 2.88 bits per heavy atom. The van der Waals surface area contributed by atoms with Crippen molar-refractivity contribution in [3.8, 4) is 0 Å². The van der Waals surface area contributed by atoms with Gasteiger partial charge in [-0.2, -0.15) is 0 Å². The molecule has 1 heterocycles. The van der Waals surface area contributed by atoms with Crippen molar-refractivity contribution < 1.29 is 4.79 Å². The Bertz CT molecular complexity index is 327. The molecule has 0 aromatic carbocycles. The average molecular weight is 236 g/mol. The minimum Gasteiger partial charge on any atom is -0.338 e. The fourth-order valence-corrected chi connectivity index (χ4v) is 1.34. The number of amides is 2. The van der Waals surface area contributed by atoms with Crippen molar-refractivity contribution in [2.75, 3.05) is 27.2 Å². The highest BCUT2D eigenvalue weighted by Crippen LogP contribution is 1.93. The van der Waals surface area contributed by atoms with Crippen molar-refractivity contribution in [2.24, 2.45) is 0 Å². The molecule has 0 saturated carbocycles. The molecule has 0 saturated heterocycles. The third-order valence-corrected chi connectivity index (χ3v) is 2.24. The summed E-state index contributed by atoms with van der Waals surface area (Å²) in [5, 5.41) is 5.59. The van der Waals surface area contributed by atoms with E-state index in [1.165, 1.54) is 0 Å². The van der Waals surface area contributed by atoms with Gasteiger partial charge in [0, 0.05) is 25.5 Å². The van der Waals surface area contributed by atoms with Crippen molar-refractivity contribution in [1.29, 1.82) is 0 Å². The fraction of sp³-hybridized carbons (Fsp3) is 0.500. The van der Waals surface area contributed by atoms with Gasteiger partial charge in [-0.3, -0.25) is 4.98 Å². The van der Waals surface area contributed by atoms with Crippen molar-refractivity contribution in [2.45, 2.75) is 13.0 Å². The number of nitrogens with one attached hydrogen (secondary N) is 2. The van der Waals surface area contributed by atoms with Gasteiger partial charge in [-0.25, -0.2) is 4.79 Å². The number of hydrogen-bond acceptors (Lipinski definition) is 3. The molecular formula is C12H20N4O. The van der Waals surface area contributed by atoms with Crippen LogP contribution >= 0.6 is 0 Å². The van der Waals surface area contributed by atoms with Crippen LogP contribution in [0, 0.1) is 0 Å². The Labute approximate surface area is 102 Å². The number of pyridine rings is 1. The first kappa shape index (κ1) is 13.4. The van der Waals surface area contributed by atoms with Crippen LogP contribution in [0.25, 0.3) is 0 Å². The predicted molar refractivity (Wildman–Crippen MR) is 67.6 cm³/mol. The number of urea groups is 1. The molecule has 5 nitrogen and oxygen atoms in total. The van der Waals surface area contributed by atoms with E-state index in [1.807, 2.05) is 26.2 Å². The average Bonchev–Trinajstić information content (AvgIpc) is 2.33. The third kappa shape index (κ3) is 6.52. The molecule has 17 heavy (non-hydrogen) atoms. The van der Waals surface area contributed by atoms with Gasteiger partial charge in [0.15, 0.2) is 0 Å². The van der Waals surface area contributed by atoms with Crippen LogP contribution in [0.1, 0.15) is 12.0 Å². The van der Waals surface area contributed by atoms with E-state index in [-0.39, 0.29) is 6.03 Å². The molecule has 1 aromatic heterocycles. The summed E-state index contributed by atoms with van der Waals surface area (Å²) in [4.78, 5) is 17.5. The Balaban J connectivity index is 2.09. The first-order valence-corrected chi connectivity index (χ1v) is 5.74. The van der Waals surface area contributed by atoms with Crippen molar-refractivity contribution >= 4 is 6.03 Å². The fourth-order valence-electron chi connectivity index (χ4n) is 1.34. The van der Waals surface area contributed by atoms with Crippen LogP contribution in [0.3, 0.4) is 0 Å². The van der Waals surface area contributed by atoms with Crippen LogP contribution in [0.5, 0.6) is 0 Å². The minimum atomic E-state index is -0.132. The number of carbonyl (C=O) groups excluding carboxylic acids is 1. The van der Waals surface area contributed by atoms with Gasteiger partial charge in [-0.15, -0.1) is 0 Å². The molecule has 94 valence electrons. The highest BCUT2D eigenvalue weighted by Gasteiger charge is 1.99. The van der Waals surface area contributed by atoms with Crippen LogP contribution in [-0.2, 0) is 6.54 Å². The zero-order valence-corrected chi connectivity index (χ0v) is 10.4. The smallest absolute Gasteiger partial charge is 0.315 e. The van der Waals surface area contributed by atoms with E-state index < -0.39 is 0 Å². The van der Waals surface area contributed by atoms with Crippen molar-refractivity contribution in [3.05, 3.63) is 30.1 Å². The Morgan fingerprint density at radius 2 is 2.24 bits per heavy atom. The maximum atomic E-state index is 11.4. The van der Waals surface area contributed by atoms with Gasteiger partial charge in [-0.1, -0.05) is 6.07 Å². The summed E-state index contributed by atoms with van der Waals surface area (Å²) >= 11 is 0. The zero-order chi connectivity index (χ0) is 12.5. The molecule has 0 fully saturated rings. The van der Waals surface area contributed by atoms with E-state index in [0.29, 0.717) is 13.1 Å². The lowest BCUT2D eigenvalue weighted by Crippen LogP contribution is -2.36. The summed E-state index contributed by atoms with van der Waals surface area (Å²) < 4.78 is 0. The van der Waals surface area contributed by atoms with Crippen LogP contribution in [-0.4, -0.2) is 43.1 Å². The maximum Gasteiger partial charge on any atom is 0.315 e. The van der Waals surface area contributed by atoms with Crippen LogP contribution < -0.4 is 10.6 Å². The molecule has 0 bridgehead atoms. The van der Waals surface area contributed by atoms with Crippen molar-refractivity contribution in [3.63, 3.8) is 0 Å². The van der Waals surface area contributed by atoms with E-state index >= 15 is 0 Å². The predicted octanol–water partition coefficient (Wildman–Crippen LogP) is 0.832. The second-order valence-electron chi connectivity index (χ2n) is 4.13. The van der Waals surface area contributed by atoms with Gasteiger partial charge < -0.3 is 15.5 Å². The molecule has 0 aliphatic carbocycles. The van der Waals surface area contributed by atoms with E-state index in [2.05, 4.69) is 20.5 Å².